The summed E-state index contributed by atoms with van der Waals surface area (Å²) in [6.45, 7) is 7.72. The van der Waals surface area contributed by atoms with Crippen LogP contribution in [-0.2, 0) is 0 Å². The number of hydrogen-bond acceptors (Lipinski definition) is 2. The first-order valence-electron chi connectivity index (χ1n) is 13.5. The van der Waals surface area contributed by atoms with Gasteiger partial charge in [0.2, 0.25) is 0 Å². The normalized spacial score (nSPS) is 43.7. The summed E-state index contributed by atoms with van der Waals surface area (Å²) in [5.74, 6) is 3.81. The maximum Gasteiger partial charge on any atom is 0.416 e. The van der Waals surface area contributed by atoms with Gasteiger partial charge in [-0.15, -0.1) is 0 Å². The number of halogens is 3. The van der Waals surface area contributed by atoms with Crippen molar-refractivity contribution in [3.63, 3.8) is 0 Å². The third-order valence-corrected chi connectivity index (χ3v) is 10.9. The first kappa shape index (κ1) is 25.5. The van der Waals surface area contributed by atoms with Crippen molar-refractivity contribution < 1.29 is 23.4 Å². The van der Waals surface area contributed by atoms with Crippen molar-refractivity contribution in [3.05, 3.63) is 11.6 Å². The lowest BCUT2D eigenvalue weighted by molar-refractivity contribution is -0.255. The van der Waals surface area contributed by atoms with Gasteiger partial charge in [0.05, 0.1) is 5.60 Å². The molecule has 0 spiro atoms. The minimum Gasteiger partial charge on any atom is -0.390 e. The van der Waals surface area contributed by atoms with Crippen LogP contribution < -0.4 is 0 Å². The molecule has 9 atom stereocenters. The number of alkyl halides is 3. The van der Waals surface area contributed by atoms with Crippen molar-refractivity contribution in [1.29, 1.82) is 0 Å². The van der Waals surface area contributed by atoms with Crippen LogP contribution in [-0.4, -0.2) is 27.6 Å². The zero-order chi connectivity index (χ0) is 24.2. The second kappa shape index (κ2) is 8.84. The zero-order valence-electron chi connectivity index (χ0n) is 21.1. The average Bonchev–Trinajstić information content (AvgIpc) is 3.09. The van der Waals surface area contributed by atoms with Crippen molar-refractivity contribution in [2.24, 2.45) is 40.9 Å². The van der Waals surface area contributed by atoms with Gasteiger partial charge in [-0.2, -0.15) is 13.2 Å². The van der Waals surface area contributed by atoms with Crippen LogP contribution in [0, 0.1) is 40.9 Å². The summed E-state index contributed by atoms with van der Waals surface area (Å²) < 4.78 is 39.0. The third kappa shape index (κ3) is 4.55. The Morgan fingerprint density at radius 2 is 1.85 bits per heavy atom. The Balaban J connectivity index is 1.40. The number of aliphatic hydroxyl groups is 2. The highest BCUT2D eigenvalue weighted by Gasteiger charge is 2.57. The summed E-state index contributed by atoms with van der Waals surface area (Å²) in [4.78, 5) is 0. The quantitative estimate of drug-likeness (QED) is 0.396. The molecule has 0 radical (unpaired) electrons. The molecule has 0 aromatic rings. The minimum absolute atomic E-state index is 0.211. The number of hydrogen-bond donors (Lipinski definition) is 2. The van der Waals surface area contributed by atoms with E-state index in [0.29, 0.717) is 30.1 Å². The monoisotopic (exact) mass is 470 g/mol. The van der Waals surface area contributed by atoms with Crippen LogP contribution in [0.4, 0.5) is 13.2 Å². The van der Waals surface area contributed by atoms with E-state index in [-0.39, 0.29) is 11.8 Å². The van der Waals surface area contributed by atoms with Gasteiger partial charge >= 0.3 is 6.18 Å². The van der Waals surface area contributed by atoms with Crippen LogP contribution in [0.3, 0.4) is 0 Å². The fraction of sp³-hybridized carbons (Fsp3) is 0.929. The van der Waals surface area contributed by atoms with Crippen LogP contribution in [0.15, 0.2) is 11.6 Å². The molecule has 5 heteroatoms. The molecule has 4 rings (SSSR count). The highest BCUT2D eigenvalue weighted by Crippen LogP contribution is 2.65. The van der Waals surface area contributed by atoms with Gasteiger partial charge in [0.25, 0.3) is 0 Å². The Hall–Kier alpha value is -0.550. The lowest BCUT2D eigenvalue weighted by atomic mass is 9.50. The molecule has 0 aliphatic heterocycles. The van der Waals surface area contributed by atoms with Gasteiger partial charge in [-0.1, -0.05) is 38.8 Å². The van der Waals surface area contributed by atoms with E-state index in [4.69, 9.17) is 0 Å². The molecule has 2 nitrogen and oxygen atoms in total. The van der Waals surface area contributed by atoms with Crippen molar-refractivity contribution >= 4 is 0 Å². The molecule has 0 aromatic heterocycles. The van der Waals surface area contributed by atoms with Crippen LogP contribution in [0.1, 0.15) is 105 Å². The van der Waals surface area contributed by atoms with Crippen molar-refractivity contribution in [2.45, 2.75) is 122 Å². The maximum absolute atomic E-state index is 13.0. The molecule has 0 saturated heterocycles. The first-order valence-corrected chi connectivity index (χ1v) is 13.5. The van der Waals surface area contributed by atoms with Crippen molar-refractivity contribution in [2.75, 3.05) is 0 Å². The van der Waals surface area contributed by atoms with E-state index in [1.165, 1.54) is 31.3 Å². The van der Waals surface area contributed by atoms with Gasteiger partial charge in [0.15, 0.2) is 5.60 Å². The number of allylic oxidation sites excluding steroid dienone is 1. The molecule has 3 saturated carbocycles. The second-order valence-corrected chi connectivity index (χ2v) is 12.7. The highest BCUT2D eigenvalue weighted by atomic mass is 19.4. The summed E-state index contributed by atoms with van der Waals surface area (Å²) in [5, 5.41) is 20.6. The predicted molar refractivity (Wildman–Crippen MR) is 126 cm³/mol. The van der Waals surface area contributed by atoms with E-state index in [1.807, 2.05) is 0 Å². The fourth-order valence-corrected chi connectivity index (χ4v) is 8.75. The molecule has 4 aliphatic carbocycles. The Labute approximate surface area is 198 Å². The second-order valence-electron chi connectivity index (χ2n) is 12.7. The van der Waals surface area contributed by atoms with Crippen molar-refractivity contribution in [3.8, 4) is 0 Å². The van der Waals surface area contributed by atoms with E-state index in [1.54, 1.807) is 0 Å². The molecular formula is C28H45F3O2. The van der Waals surface area contributed by atoms with E-state index in [9.17, 15) is 23.4 Å². The molecule has 0 unspecified atom stereocenters. The topological polar surface area (TPSA) is 40.5 Å². The van der Waals surface area contributed by atoms with E-state index in [0.717, 1.165) is 57.3 Å². The SMILES string of the molecule is CC[C@]1(O)CC[C@H]2C(=CC[C@@H]3[C@@H]2CC[C@]2(C)[C@@H]([C@H](C)CCC[C@](C)(O)C(F)(F)F)CC[C@@H]32)C1. The summed E-state index contributed by atoms with van der Waals surface area (Å²) in [6, 6.07) is 0. The molecule has 0 bridgehead atoms. The van der Waals surface area contributed by atoms with Gasteiger partial charge in [0.1, 0.15) is 0 Å². The molecule has 4 aliphatic rings. The van der Waals surface area contributed by atoms with E-state index >= 15 is 0 Å². The Kier molecular flexibility index (Phi) is 6.84. The van der Waals surface area contributed by atoms with Crippen molar-refractivity contribution in [1.82, 2.24) is 0 Å². The molecule has 0 amide bonds. The maximum atomic E-state index is 13.0. The van der Waals surface area contributed by atoms with Gasteiger partial charge in [-0.25, -0.2) is 0 Å². The van der Waals surface area contributed by atoms with Gasteiger partial charge in [-0.3, -0.25) is 0 Å². The lowest BCUT2D eigenvalue weighted by Gasteiger charge is -2.55. The predicted octanol–water partition coefficient (Wildman–Crippen LogP) is 7.44. The first-order chi connectivity index (χ1) is 15.3. The largest absolute Gasteiger partial charge is 0.416 e. The zero-order valence-corrected chi connectivity index (χ0v) is 21.1. The third-order valence-electron chi connectivity index (χ3n) is 10.9. The smallest absolute Gasteiger partial charge is 0.390 e. The Morgan fingerprint density at radius 3 is 2.52 bits per heavy atom. The van der Waals surface area contributed by atoms with Crippen LogP contribution in [0.5, 0.6) is 0 Å². The summed E-state index contributed by atoms with van der Waals surface area (Å²) in [6.07, 6.45) is 8.73. The van der Waals surface area contributed by atoms with Gasteiger partial charge in [0, 0.05) is 0 Å². The number of fused-ring (bicyclic) bond motifs is 5. The van der Waals surface area contributed by atoms with E-state index in [2.05, 4.69) is 26.8 Å². The van der Waals surface area contributed by atoms with Crippen LogP contribution >= 0.6 is 0 Å². The van der Waals surface area contributed by atoms with Gasteiger partial charge in [-0.05, 0) is 118 Å². The van der Waals surface area contributed by atoms with Crippen LogP contribution in [0.2, 0.25) is 0 Å². The Morgan fingerprint density at radius 1 is 1.12 bits per heavy atom. The molecule has 33 heavy (non-hydrogen) atoms. The molecule has 190 valence electrons. The molecule has 3 fully saturated rings. The molecular weight excluding hydrogens is 425 g/mol. The highest BCUT2D eigenvalue weighted by molar-refractivity contribution is 5.22. The number of rotatable bonds is 6. The fourth-order valence-electron chi connectivity index (χ4n) is 8.75. The Bertz CT molecular complexity index is 744. The summed E-state index contributed by atoms with van der Waals surface area (Å²) in [5.41, 5.74) is -1.27. The van der Waals surface area contributed by atoms with Crippen LogP contribution in [0.25, 0.3) is 0 Å². The molecule has 2 N–H and O–H groups in total. The average molecular weight is 471 g/mol. The molecule has 0 heterocycles. The van der Waals surface area contributed by atoms with E-state index < -0.39 is 17.4 Å². The lowest BCUT2D eigenvalue weighted by Crippen LogP contribution is -2.48. The summed E-state index contributed by atoms with van der Waals surface area (Å²) in [7, 11) is 0. The summed E-state index contributed by atoms with van der Waals surface area (Å²) >= 11 is 0. The minimum atomic E-state index is -4.56. The standard InChI is InChI=1S/C28H45F3O2/c1-5-27(33)16-13-20-19(17-27)8-9-22-21(20)12-15-25(3)23(10-11-24(22)25)18(2)7-6-14-26(4,32)28(29,30)31/h8,18,20-24,32-33H,5-7,9-17H2,1-4H3/t18-,20+,21-,22-,23-,24+,25-,26+,27+/m1/s1. The van der Waals surface area contributed by atoms with Gasteiger partial charge < -0.3 is 10.2 Å². The molecule has 0 aromatic carbocycles.